The Kier molecular flexibility index (Phi) is 8.32. The number of aliphatic imine (C=N–C) groups is 1. The van der Waals surface area contributed by atoms with Crippen LogP contribution in [0.5, 0.6) is 0 Å². The number of hydrogen-bond acceptors (Lipinski definition) is 3. The number of guanidine groups is 1. The van der Waals surface area contributed by atoms with Gasteiger partial charge in [-0.25, -0.2) is 4.99 Å². The van der Waals surface area contributed by atoms with Gasteiger partial charge in [-0.1, -0.05) is 23.7 Å². The summed E-state index contributed by atoms with van der Waals surface area (Å²) in [5.74, 6) is 0.695. The molecule has 1 aliphatic heterocycles. The molecule has 2 rings (SSSR count). The highest BCUT2D eigenvalue weighted by atomic mass is 35.5. The molecular formula is C21H32ClN5O2. The van der Waals surface area contributed by atoms with Crippen LogP contribution < -0.4 is 10.6 Å². The Morgan fingerprint density at radius 2 is 1.79 bits per heavy atom. The molecule has 1 fully saturated rings. The molecule has 2 N–H and O–H groups in total. The minimum Gasteiger partial charge on any atom is -0.357 e. The first-order valence-electron chi connectivity index (χ1n) is 10.0. The number of rotatable bonds is 5. The number of nitrogens with zero attached hydrogens (tertiary/aromatic N) is 3. The fraction of sp³-hybridized carbons (Fsp3) is 0.571. The maximum Gasteiger partial charge on any atom is 0.242 e. The molecule has 29 heavy (non-hydrogen) atoms. The van der Waals surface area contributed by atoms with Gasteiger partial charge >= 0.3 is 0 Å². The number of carbonyl (C=O) groups is 2. The molecule has 0 aromatic heterocycles. The zero-order valence-electron chi connectivity index (χ0n) is 17.8. The molecule has 7 nitrogen and oxygen atoms in total. The van der Waals surface area contributed by atoms with E-state index in [-0.39, 0.29) is 23.9 Å². The standard InChI is InChI=1S/C21H32ClN5O2/c1-5-23-20(24-15-18(28)25-21(2,3)4)27-11-9-26(10-12-27)19(29)14-16-7-6-8-17(22)13-16/h6-8,13H,5,9-12,14-15H2,1-4H3,(H,23,24)(H,25,28). The molecule has 0 aliphatic carbocycles. The first-order chi connectivity index (χ1) is 13.7. The Morgan fingerprint density at radius 1 is 1.14 bits per heavy atom. The van der Waals surface area contributed by atoms with E-state index in [1.165, 1.54) is 0 Å². The van der Waals surface area contributed by atoms with Gasteiger partial charge in [-0.3, -0.25) is 9.59 Å². The molecule has 1 aromatic carbocycles. The summed E-state index contributed by atoms with van der Waals surface area (Å²) >= 11 is 6.00. The number of amides is 2. The number of hydrogen-bond donors (Lipinski definition) is 2. The fourth-order valence-electron chi connectivity index (χ4n) is 3.13. The second-order valence-electron chi connectivity index (χ2n) is 8.14. The van der Waals surface area contributed by atoms with E-state index in [1.54, 1.807) is 6.07 Å². The quantitative estimate of drug-likeness (QED) is 0.562. The monoisotopic (exact) mass is 421 g/mol. The van der Waals surface area contributed by atoms with Crippen LogP contribution in [0.1, 0.15) is 33.3 Å². The van der Waals surface area contributed by atoms with E-state index in [0.29, 0.717) is 50.1 Å². The molecule has 1 aromatic rings. The lowest BCUT2D eigenvalue weighted by Gasteiger charge is -2.36. The summed E-state index contributed by atoms with van der Waals surface area (Å²) in [7, 11) is 0. The molecule has 0 saturated carbocycles. The molecule has 1 heterocycles. The first kappa shape index (κ1) is 23.0. The van der Waals surface area contributed by atoms with Crippen LogP contribution in [0.2, 0.25) is 5.02 Å². The van der Waals surface area contributed by atoms with Crippen molar-refractivity contribution in [2.45, 2.75) is 39.7 Å². The second-order valence-corrected chi connectivity index (χ2v) is 8.58. The third-order valence-electron chi connectivity index (χ3n) is 4.40. The normalized spacial score (nSPS) is 15.3. The minimum atomic E-state index is -0.278. The average molecular weight is 422 g/mol. The van der Waals surface area contributed by atoms with E-state index >= 15 is 0 Å². The average Bonchev–Trinajstić information content (AvgIpc) is 2.64. The van der Waals surface area contributed by atoms with Crippen LogP contribution in [-0.2, 0) is 16.0 Å². The summed E-state index contributed by atoms with van der Waals surface area (Å²) in [5.41, 5.74) is 0.643. The molecule has 1 saturated heterocycles. The Hall–Kier alpha value is -2.28. The van der Waals surface area contributed by atoms with Gasteiger partial charge < -0.3 is 20.4 Å². The lowest BCUT2D eigenvalue weighted by atomic mass is 10.1. The highest BCUT2D eigenvalue weighted by molar-refractivity contribution is 6.30. The maximum absolute atomic E-state index is 12.6. The first-order valence-corrected chi connectivity index (χ1v) is 10.4. The summed E-state index contributed by atoms with van der Waals surface area (Å²) in [6, 6.07) is 7.41. The highest BCUT2D eigenvalue weighted by Crippen LogP contribution is 2.13. The second kappa shape index (κ2) is 10.5. The molecule has 0 atom stereocenters. The summed E-state index contributed by atoms with van der Waals surface area (Å²) in [5, 5.41) is 6.79. The summed E-state index contributed by atoms with van der Waals surface area (Å²) in [6.45, 7) is 11.2. The van der Waals surface area contributed by atoms with E-state index in [0.717, 1.165) is 5.56 Å². The Bertz CT molecular complexity index is 737. The molecule has 0 unspecified atom stereocenters. The number of nitrogens with one attached hydrogen (secondary N) is 2. The van der Waals surface area contributed by atoms with E-state index in [2.05, 4.69) is 20.5 Å². The lowest BCUT2D eigenvalue weighted by Crippen LogP contribution is -2.54. The molecule has 0 bridgehead atoms. The predicted molar refractivity (Wildman–Crippen MR) is 117 cm³/mol. The summed E-state index contributed by atoms with van der Waals surface area (Å²) in [4.78, 5) is 33.1. The largest absolute Gasteiger partial charge is 0.357 e. The van der Waals surface area contributed by atoms with E-state index in [1.807, 2.05) is 50.8 Å². The van der Waals surface area contributed by atoms with Crippen molar-refractivity contribution in [1.29, 1.82) is 0 Å². The van der Waals surface area contributed by atoms with Gasteiger partial charge in [0, 0.05) is 43.3 Å². The molecule has 2 amide bonds. The van der Waals surface area contributed by atoms with E-state index in [4.69, 9.17) is 11.6 Å². The predicted octanol–water partition coefficient (Wildman–Crippen LogP) is 1.91. The van der Waals surface area contributed by atoms with E-state index < -0.39 is 0 Å². The Morgan fingerprint density at radius 3 is 2.38 bits per heavy atom. The van der Waals surface area contributed by atoms with Crippen molar-refractivity contribution in [2.24, 2.45) is 4.99 Å². The van der Waals surface area contributed by atoms with Gasteiger partial charge in [0.1, 0.15) is 6.54 Å². The van der Waals surface area contributed by atoms with Crippen LogP contribution in [0, 0.1) is 0 Å². The maximum atomic E-state index is 12.6. The van der Waals surface area contributed by atoms with Crippen molar-refractivity contribution in [2.75, 3.05) is 39.3 Å². The lowest BCUT2D eigenvalue weighted by molar-refractivity contribution is -0.131. The summed E-state index contributed by atoms with van der Waals surface area (Å²) in [6.07, 6.45) is 0.349. The molecule has 0 spiro atoms. The molecular weight excluding hydrogens is 390 g/mol. The van der Waals surface area contributed by atoms with Crippen LogP contribution >= 0.6 is 11.6 Å². The molecule has 8 heteroatoms. The summed E-state index contributed by atoms with van der Waals surface area (Å²) < 4.78 is 0. The Balaban J connectivity index is 1.89. The van der Waals surface area contributed by atoms with Gasteiger partial charge in [-0.15, -0.1) is 0 Å². The van der Waals surface area contributed by atoms with Crippen molar-refractivity contribution in [3.8, 4) is 0 Å². The smallest absolute Gasteiger partial charge is 0.242 e. The van der Waals surface area contributed by atoms with E-state index in [9.17, 15) is 9.59 Å². The number of benzene rings is 1. The third kappa shape index (κ3) is 7.93. The zero-order valence-corrected chi connectivity index (χ0v) is 18.6. The van der Waals surface area contributed by atoms with Crippen LogP contribution in [-0.4, -0.2) is 72.4 Å². The van der Waals surface area contributed by atoms with Crippen LogP contribution in [0.25, 0.3) is 0 Å². The molecule has 160 valence electrons. The van der Waals surface area contributed by atoms with Gasteiger partial charge in [0.25, 0.3) is 0 Å². The topological polar surface area (TPSA) is 77.0 Å². The van der Waals surface area contributed by atoms with Gasteiger partial charge in [-0.2, -0.15) is 0 Å². The third-order valence-corrected chi connectivity index (χ3v) is 4.63. The number of halogens is 1. The highest BCUT2D eigenvalue weighted by Gasteiger charge is 2.23. The van der Waals surface area contributed by atoms with Crippen LogP contribution in [0.15, 0.2) is 29.3 Å². The van der Waals surface area contributed by atoms with Crippen molar-refractivity contribution in [3.05, 3.63) is 34.9 Å². The minimum absolute atomic E-state index is 0.0769. The fourth-order valence-corrected chi connectivity index (χ4v) is 3.34. The van der Waals surface area contributed by atoms with Crippen molar-refractivity contribution in [1.82, 2.24) is 20.4 Å². The number of carbonyl (C=O) groups excluding carboxylic acids is 2. The van der Waals surface area contributed by atoms with Gasteiger partial charge in [-0.05, 0) is 45.4 Å². The number of piperazine rings is 1. The van der Waals surface area contributed by atoms with Crippen LogP contribution in [0.3, 0.4) is 0 Å². The van der Waals surface area contributed by atoms with Gasteiger partial charge in [0.05, 0.1) is 6.42 Å². The Labute approximate surface area is 178 Å². The zero-order chi connectivity index (χ0) is 21.4. The van der Waals surface area contributed by atoms with Crippen molar-refractivity contribution >= 4 is 29.4 Å². The molecule has 0 radical (unpaired) electrons. The SMILES string of the molecule is CCNC(=NCC(=O)NC(C)(C)C)N1CCN(C(=O)Cc2cccc(Cl)c2)CC1. The van der Waals surface area contributed by atoms with Crippen LogP contribution in [0.4, 0.5) is 0 Å². The van der Waals surface area contributed by atoms with Crippen molar-refractivity contribution in [3.63, 3.8) is 0 Å². The van der Waals surface area contributed by atoms with Crippen molar-refractivity contribution < 1.29 is 9.59 Å². The van der Waals surface area contributed by atoms with Gasteiger partial charge in [0.15, 0.2) is 5.96 Å². The van der Waals surface area contributed by atoms with Gasteiger partial charge in [0.2, 0.25) is 11.8 Å². The molecule has 1 aliphatic rings.